The fourth-order valence-electron chi connectivity index (χ4n) is 1.24. The summed E-state index contributed by atoms with van der Waals surface area (Å²) in [7, 11) is 0. The van der Waals surface area contributed by atoms with Crippen molar-refractivity contribution >= 4 is 23.1 Å². The number of amides is 1. The van der Waals surface area contributed by atoms with Crippen LogP contribution in [0.1, 0.15) is 19.0 Å². The van der Waals surface area contributed by atoms with Gasteiger partial charge < -0.3 is 11.1 Å². The van der Waals surface area contributed by atoms with Gasteiger partial charge in [-0.2, -0.15) is 0 Å². The molecule has 0 aliphatic carbocycles. The van der Waals surface area contributed by atoms with Gasteiger partial charge >= 0.3 is 0 Å². The molecular formula is C10H14N4OS. The fraction of sp³-hybridized carbons (Fsp3) is 0.400. The third-order valence-electron chi connectivity index (χ3n) is 2.16. The average molecular weight is 238 g/mol. The number of rotatable bonds is 5. The quantitative estimate of drug-likeness (QED) is 0.726. The van der Waals surface area contributed by atoms with Gasteiger partial charge in [0.05, 0.1) is 23.1 Å². The summed E-state index contributed by atoms with van der Waals surface area (Å²) < 4.78 is 0. The van der Waals surface area contributed by atoms with E-state index in [0.717, 1.165) is 5.69 Å². The average Bonchev–Trinajstić information content (AvgIpc) is 2.28. The molecule has 0 aromatic carbocycles. The van der Waals surface area contributed by atoms with E-state index in [2.05, 4.69) is 15.3 Å². The van der Waals surface area contributed by atoms with E-state index >= 15 is 0 Å². The molecule has 0 spiro atoms. The van der Waals surface area contributed by atoms with Gasteiger partial charge in [-0.3, -0.25) is 4.79 Å². The van der Waals surface area contributed by atoms with Crippen molar-refractivity contribution in [2.24, 2.45) is 11.7 Å². The Bertz CT molecular complexity index is 368. The number of nitrogens with one attached hydrogen (secondary N) is 1. The number of nitrogens with zero attached hydrogens (tertiary/aromatic N) is 2. The number of thiocarbonyl (C=S) groups is 1. The molecule has 6 heteroatoms. The summed E-state index contributed by atoms with van der Waals surface area (Å²) in [6.45, 7) is 2.23. The summed E-state index contributed by atoms with van der Waals surface area (Å²) in [6.07, 6.45) is 3.66. The molecule has 1 heterocycles. The van der Waals surface area contributed by atoms with E-state index < -0.39 is 5.92 Å². The lowest BCUT2D eigenvalue weighted by atomic mass is 10.1. The highest BCUT2D eigenvalue weighted by atomic mass is 32.1. The van der Waals surface area contributed by atoms with Crippen LogP contribution in [0, 0.1) is 5.92 Å². The Morgan fingerprint density at radius 1 is 1.69 bits per heavy atom. The highest BCUT2D eigenvalue weighted by molar-refractivity contribution is 7.80. The lowest BCUT2D eigenvalue weighted by molar-refractivity contribution is -0.123. The zero-order valence-corrected chi connectivity index (χ0v) is 9.83. The SMILES string of the molecule is CCC(C(=O)NCc1ccncn1)C(N)=S. The second-order valence-corrected chi connectivity index (χ2v) is 3.75. The third-order valence-corrected chi connectivity index (χ3v) is 2.44. The summed E-state index contributed by atoms with van der Waals surface area (Å²) in [4.78, 5) is 19.7. The standard InChI is InChI=1S/C10H14N4OS/c1-2-8(9(11)16)10(15)13-5-7-3-4-12-6-14-7/h3-4,6,8H,2,5H2,1H3,(H2,11,16)(H,13,15). The number of aromatic nitrogens is 2. The molecule has 1 atom stereocenters. The Labute approximate surface area is 99.5 Å². The van der Waals surface area contributed by atoms with E-state index in [1.54, 1.807) is 12.3 Å². The Balaban J connectivity index is 2.49. The topological polar surface area (TPSA) is 80.9 Å². The Kier molecular flexibility index (Phi) is 4.78. The van der Waals surface area contributed by atoms with Crippen LogP contribution in [0.25, 0.3) is 0 Å². The van der Waals surface area contributed by atoms with Crippen LogP contribution in [0.2, 0.25) is 0 Å². The number of nitrogens with two attached hydrogens (primary N) is 1. The van der Waals surface area contributed by atoms with Crippen molar-refractivity contribution in [1.82, 2.24) is 15.3 Å². The van der Waals surface area contributed by atoms with Gasteiger partial charge in [-0.05, 0) is 12.5 Å². The maximum Gasteiger partial charge on any atom is 0.230 e. The fourth-order valence-corrected chi connectivity index (χ4v) is 1.51. The first-order chi connectivity index (χ1) is 7.65. The first kappa shape index (κ1) is 12.5. The van der Waals surface area contributed by atoms with Crippen molar-refractivity contribution in [1.29, 1.82) is 0 Å². The first-order valence-electron chi connectivity index (χ1n) is 4.97. The third kappa shape index (κ3) is 3.54. The van der Waals surface area contributed by atoms with Gasteiger partial charge in [0.2, 0.25) is 5.91 Å². The van der Waals surface area contributed by atoms with Crippen molar-refractivity contribution in [3.8, 4) is 0 Å². The molecular weight excluding hydrogens is 224 g/mol. The lowest BCUT2D eigenvalue weighted by Gasteiger charge is -2.12. The van der Waals surface area contributed by atoms with E-state index in [0.29, 0.717) is 13.0 Å². The molecule has 0 aliphatic heterocycles. The molecule has 86 valence electrons. The molecule has 1 aromatic heterocycles. The molecule has 3 N–H and O–H groups in total. The minimum absolute atomic E-state index is 0.159. The number of hydrogen-bond donors (Lipinski definition) is 2. The van der Waals surface area contributed by atoms with Crippen LogP contribution in [-0.2, 0) is 11.3 Å². The van der Waals surface area contributed by atoms with E-state index in [1.807, 2.05) is 6.92 Å². The second kappa shape index (κ2) is 6.12. The van der Waals surface area contributed by atoms with E-state index in [9.17, 15) is 4.79 Å². The van der Waals surface area contributed by atoms with E-state index in [-0.39, 0.29) is 10.9 Å². The van der Waals surface area contributed by atoms with Gasteiger partial charge in [-0.1, -0.05) is 19.1 Å². The van der Waals surface area contributed by atoms with E-state index in [4.69, 9.17) is 18.0 Å². The highest BCUT2D eigenvalue weighted by Gasteiger charge is 2.18. The van der Waals surface area contributed by atoms with Crippen molar-refractivity contribution in [2.75, 3.05) is 0 Å². The van der Waals surface area contributed by atoms with Gasteiger partial charge in [0.1, 0.15) is 6.33 Å². The molecule has 5 nitrogen and oxygen atoms in total. The molecule has 1 unspecified atom stereocenters. The number of carbonyl (C=O) groups excluding carboxylic acids is 1. The van der Waals surface area contributed by atoms with Gasteiger partial charge in [0.25, 0.3) is 0 Å². The smallest absolute Gasteiger partial charge is 0.230 e. The van der Waals surface area contributed by atoms with E-state index in [1.165, 1.54) is 6.33 Å². The monoisotopic (exact) mass is 238 g/mol. The first-order valence-corrected chi connectivity index (χ1v) is 5.38. The Morgan fingerprint density at radius 3 is 2.94 bits per heavy atom. The largest absolute Gasteiger partial charge is 0.393 e. The maximum absolute atomic E-state index is 11.7. The Morgan fingerprint density at radius 2 is 2.44 bits per heavy atom. The van der Waals surface area contributed by atoms with Crippen LogP contribution >= 0.6 is 12.2 Å². The van der Waals surface area contributed by atoms with Gasteiger partial charge in [0.15, 0.2) is 0 Å². The number of carbonyl (C=O) groups is 1. The predicted octanol–water partition coefficient (Wildman–Crippen LogP) is 0.405. The molecule has 0 saturated carbocycles. The van der Waals surface area contributed by atoms with Crippen LogP contribution in [-0.4, -0.2) is 20.9 Å². The minimum atomic E-state index is -0.406. The molecule has 1 rings (SSSR count). The van der Waals surface area contributed by atoms with Crippen molar-refractivity contribution in [2.45, 2.75) is 19.9 Å². The molecule has 0 radical (unpaired) electrons. The summed E-state index contributed by atoms with van der Waals surface area (Å²) in [6, 6.07) is 1.74. The molecule has 1 aromatic rings. The van der Waals surface area contributed by atoms with Crippen LogP contribution in [0.5, 0.6) is 0 Å². The van der Waals surface area contributed by atoms with Crippen molar-refractivity contribution in [3.05, 3.63) is 24.3 Å². The lowest BCUT2D eigenvalue weighted by Crippen LogP contribution is -2.37. The molecule has 0 fully saturated rings. The van der Waals surface area contributed by atoms with Crippen molar-refractivity contribution < 1.29 is 4.79 Å². The van der Waals surface area contributed by atoms with Crippen LogP contribution in [0.3, 0.4) is 0 Å². The summed E-state index contributed by atoms with van der Waals surface area (Å²) in [5.41, 5.74) is 6.21. The minimum Gasteiger partial charge on any atom is -0.393 e. The van der Waals surface area contributed by atoms with Crippen molar-refractivity contribution in [3.63, 3.8) is 0 Å². The summed E-state index contributed by atoms with van der Waals surface area (Å²) in [5, 5.41) is 2.73. The van der Waals surface area contributed by atoms with Gasteiger partial charge in [0, 0.05) is 6.20 Å². The molecule has 0 bridgehead atoms. The van der Waals surface area contributed by atoms with Gasteiger partial charge in [-0.15, -0.1) is 0 Å². The van der Waals surface area contributed by atoms with Crippen LogP contribution < -0.4 is 11.1 Å². The molecule has 0 aliphatic rings. The summed E-state index contributed by atoms with van der Waals surface area (Å²) >= 11 is 4.81. The van der Waals surface area contributed by atoms with Crippen LogP contribution in [0.4, 0.5) is 0 Å². The molecule has 1 amide bonds. The number of hydrogen-bond acceptors (Lipinski definition) is 4. The molecule has 16 heavy (non-hydrogen) atoms. The van der Waals surface area contributed by atoms with Crippen LogP contribution in [0.15, 0.2) is 18.6 Å². The Hall–Kier alpha value is -1.56. The zero-order valence-electron chi connectivity index (χ0n) is 9.01. The maximum atomic E-state index is 11.7. The predicted molar refractivity (Wildman–Crippen MR) is 64.4 cm³/mol. The highest BCUT2D eigenvalue weighted by Crippen LogP contribution is 2.03. The normalized spacial score (nSPS) is 11.8. The summed E-state index contributed by atoms with van der Waals surface area (Å²) in [5.74, 6) is -0.564. The van der Waals surface area contributed by atoms with Gasteiger partial charge in [-0.25, -0.2) is 9.97 Å². The second-order valence-electron chi connectivity index (χ2n) is 3.28. The molecule has 0 saturated heterocycles. The zero-order chi connectivity index (χ0) is 12.0.